The van der Waals surface area contributed by atoms with Crippen LogP contribution in [0.25, 0.3) is 0 Å². The Bertz CT molecular complexity index is 1090. The van der Waals surface area contributed by atoms with Gasteiger partial charge in [0.25, 0.3) is 0 Å². The molecule has 1 aromatic heterocycles. The first-order valence-corrected chi connectivity index (χ1v) is 13.3. The van der Waals surface area contributed by atoms with Crippen LogP contribution in [0.4, 0.5) is 14.6 Å². The fraction of sp³-hybridized carbons (Fsp3) is 0.586. The summed E-state index contributed by atoms with van der Waals surface area (Å²) < 4.78 is 29.9. The normalized spacial score (nSPS) is 17.0. The lowest BCUT2D eigenvalue weighted by Gasteiger charge is -2.29. The molecule has 1 aliphatic carbocycles. The van der Waals surface area contributed by atoms with Gasteiger partial charge in [-0.15, -0.1) is 0 Å². The summed E-state index contributed by atoms with van der Waals surface area (Å²) in [6, 6.07) is 1.88. The smallest absolute Gasteiger partial charge is 0.242 e. The molecule has 1 aliphatic rings. The van der Waals surface area contributed by atoms with Gasteiger partial charge < -0.3 is 20.5 Å². The van der Waals surface area contributed by atoms with Gasteiger partial charge in [-0.3, -0.25) is 4.79 Å². The van der Waals surface area contributed by atoms with Crippen molar-refractivity contribution in [1.82, 2.24) is 20.2 Å². The molecule has 8 heteroatoms. The number of carbonyl (C=O) groups excluding carboxylic acids is 1. The molecule has 0 spiro atoms. The molecule has 0 fully saturated rings. The van der Waals surface area contributed by atoms with E-state index in [-0.39, 0.29) is 22.9 Å². The summed E-state index contributed by atoms with van der Waals surface area (Å²) in [4.78, 5) is 17.6. The van der Waals surface area contributed by atoms with Crippen LogP contribution in [0.5, 0.6) is 0 Å². The largest absolute Gasteiger partial charge is 0.389 e. The maximum absolute atomic E-state index is 14.3. The van der Waals surface area contributed by atoms with Gasteiger partial charge in [-0.2, -0.15) is 0 Å². The third-order valence-corrected chi connectivity index (χ3v) is 6.83. The predicted octanol–water partition coefficient (Wildman–Crippen LogP) is 5.69. The number of fused-ring (bicyclic) bond motifs is 1. The SMILES string of the molecule is CCC[C@H](NC1CCc2cc(F)cc(F)c2C1)C(=O)Nc1cn(C(C)(C)CN/C=C/CC(C)(C)C)cn1. The number of hydrogen-bond donors (Lipinski definition) is 3. The highest BCUT2D eigenvalue weighted by Gasteiger charge is 2.27. The van der Waals surface area contributed by atoms with Crippen molar-refractivity contribution in [3.8, 4) is 0 Å². The fourth-order valence-corrected chi connectivity index (χ4v) is 4.62. The van der Waals surface area contributed by atoms with Gasteiger partial charge in [-0.1, -0.05) is 40.2 Å². The summed E-state index contributed by atoms with van der Waals surface area (Å²) in [6.07, 6.45) is 11.9. The minimum atomic E-state index is -0.540. The molecule has 6 nitrogen and oxygen atoms in total. The van der Waals surface area contributed by atoms with Crippen LogP contribution in [-0.4, -0.2) is 34.1 Å². The summed E-state index contributed by atoms with van der Waals surface area (Å²) in [6.45, 7) is 13.6. The highest BCUT2D eigenvalue weighted by Crippen LogP contribution is 2.26. The standard InChI is InChI=1S/C29H43F2N5O/c1-7-9-25(34-22-11-10-20-14-21(30)15-24(31)23(20)16-22)27(37)35-26-17-36(19-33-26)29(5,6)18-32-13-8-12-28(2,3)4/h8,13-15,17,19,22,25,32,34H,7,9-12,16,18H2,1-6H3,(H,35,37)/b13-8+/t22?,25-/m0/s1. The number of aromatic nitrogens is 2. The molecule has 3 N–H and O–H groups in total. The number of halogens is 2. The maximum Gasteiger partial charge on any atom is 0.242 e. The van der Waals surface area contributed by atoms with Gasteiger partial charge in [0.1, 0.15) is 11.6 Å². The lowest BCUT2D eigenvalue weighted by molar-refractivity contribution is -0.118. The number of hydrogen-bond acceptors (Lipinski definition) is 4. The first-order chi connectivity index (χ1) is 17.4. The topological polar surface area (TPSA) is 71.0 Å². The van der Waals surface area contributed by atoms with Crippen LogP contribution in [0.1, 0.15) is 78.4 Å². The summed E-state index contributed by atoms with van der Waals surface area (Å²) >= 11 is 0. The quantitative estimate of drug-likeness (QED) is 0.360. The molecule has 3 rings (SSSR count). The van der Waals surface area contributed by atoms with Gasteiger partial charge in [0.15, 0.2) is 5.82 Å². The van der Waals surface area contributed by atoms with Crippen molar-refractivity contribution >= 4 is 11.7 Å². The number of nitrogens with zero attached hydrogens (tertiary/aromatic N) is 2. The highest BCUT2D eigenvalue weighted by molar-refractivity contribution is 5.94. The van der Waals surface area contributed by atoms with Crippen molar-refractivity contribution in [2.45, 2.75) is 97.7 Å². The molecule has 2 aromatic rings. The zero-order valence-electron chi connectivity index (χ0n) is 23.1. The Morgan fingerprint density at radius 1 is 1.24 bits per heavy atom. The van der Waals surface area contributed by atoms with E-state index in [9.17, 15) is 13.6 Å². The number of anilines is 1. The second-order valence-electron chi connectivity index (χ2n) is 12.0. The molecular weight excluding hydrogens is 472 g/mol. The fourth-order valence-electron chi connectivity index (χ4n) is 4.62. The average molecular weight is 516 g/mol. The van der Waals surface area contributed by atoms with E-state index in [0.29, 0.717) is 37.2 Å². The lowest BCUT2D eigenvalue weighted by Crippen LogP contribution is -2.48. The number of rotatable bonds is 11. The van der Waals surface area contributed by atoms with Crippen molar-refractivity contribution in [2.75, 3.05) is 11.9 Å². The Balaban J connectivity index is 1.58. The Kier molecular flexibility index (Phi) is 9.51. The average Bonchev–Trinajstić information content (AvgIpc) is 3.27. The third kappa shape index (κ3) is 8.38. The van der Waals surface area contributed by atoms with Crippen molar-refractivity contribution in [2.24, 2.45) is 5.41 Å². The lowest BCUT2D eigenvalue weighted by atomic mass is 9.87. The molecule has 0 saturated heterocycles. The first-order valence-electron chi connectivity index (χ1n) is 13.3. The van der Waals surface area contributed by atoms with Crippen LogP contribution < -0.4 is 16.0 Å². The van der Waals surface area contributed by atoms with Gasteiger partial charge >= 0.3 is 0 Å². The number of allylic oxidation sites excluding steroid dienone is 1. The van der Waals surface area contributed by atoms with Gasteiger partial charge in [0.05, 0.1) is 17.9 Å². The van der Waals surface area contributed by atoms with Gasteiger partial charge in [-0.25, -0.2) is 13.8 Å². The minimum absolute atomic E-state index is 0.0522. The van der Waals surface area contributed by atoms with Gasteiger partial charge in [0.2, 0.25) is 5.91 Å². The maximum atomic E-state index is 14.3. The number of aryl methyl sites for hydroxylation is 1. The van der Waals surface area contributed by atoms with Crippen molar-refractivity contribution in [3.05, 3.63) is 59.7 Å². The zero-order chi connectivity index (χ0) is 27.2. The van der Waals surface area contributed by atoms with Crippen LogP contribution in [0.2, 0.25) is 0 Å². The van der Waals surface area contributed by atoms with Crippen molar-refractivity contribution in [1.29, 1.82) is 0 Å². The number of imidazole rings is 1. The van der Waals surface area contributed by atoms with E-state index in [1.807, 2.05) is 23.9 Å². The van der Waals surface area contributed by atoms with E-state index >= 15 is 0 Å². The van der Waals surface area contributed by atoms with Crippen LogP contribution in [0, 0.1) is 17.0 Å². The molecule has 0 bridgehead atoms. The van der Waals surface area contributed by atoms with Crippen molar-refractivity contribution < 1.29 is 13.6 Å². The molecule has 2 atom stereocenters. The second kappa shape index (κ2) is 12.2. The number of amides is 1. The molecule has 204 valence electrons. The highest BCUT2D eigenvalue weighted by atomic mass is 19.1. The van der Waals surface area contributed by atoms with E-state index in [0.717, 1.165) is 30.9 Å². The number of nitrogens with one attached hydrogen (secondary N) is 3. The second-order valence-corrected chi connectivity index (χ2v) is 12.0. The predicted molar refractivity (Wildman–Crippen MR) is 145 cm³/mol. The number of carbonyl (C=O) groups is 1. The Morgan fingerprint density at radius 2 is 2.00 bits per heavy atom. The summed E-state index contributed by atoms with van der Waals surface area (Å²) in [7, 11) is 0. The summed E-state index contributed by atoms with van der Waals surface area (Å²) in [5, 5.41) is 9.74. The Morgan fingerprint density at radius 3 is 2.70 bits per heavy atom. The first kappa shape index (κ1) is 28.8. The molecular formula is C29H43F2N5O. The van der Waals surface area contributed by atoms with Crippen LogP contribution >= 0.6 is 0 Å². The number of benzene rings is 1. The third-order valence-electron chi connectivity index (χ3n) is 6.83. The molecule has 1 heterocycles. The van der Waals surface area contributed by atoms with Crippen molar-refractivity contribution in [3.63, 3.8) is 0 Å². The van der Waals surface area contributed by atoms with E-state index in [1.54, 1.807) is 6.33 Å². The Hall–Kier alpha value is -2.74. The van der Waals surface area contributed by atoms with E-state index in [4.69, 9.17) is 0 Å². The molecule has 1 aromatic carbocycles. The van der Waals surface area contributed by atoms with E-state index in [2.05, 4.69) is 61.6 Å². The van der Waals surface area contributed by atoms with Crippen LogP contribution in [-0.2, 0) is 23.2 Å². The van der Waals surface area contributed by atoms with E-state index < -0.39 is 17.7 Å². The molecule has 0 aliphatic heterocycles. The van der Waals surface area contributed by atoms with Crippen LogP contribution in [0.15, 0.2) is 36.9 Å². The molecule has 1 amide bonds. The molecule has 37 heavy (non-hydrogen) atoms. The van der Waals surface area contributed by atoms with Gasteiger partial charge in [-0.05, 0) is 74.8 Å². The summed E-state index contributed by atoms with van der Waals surface area (Å²) in [5.74, 6) is -0.704. The van der Waals surface area contributed by atoms with Gasteiger partial charge in [0, 0.05) is 24.8 Å². The Labute approximate surface area is 220 Å². The molecule has 1 unspecified atom stereocenters. The van der Waals surface area contributed by atoms with E-state index in [1.165, 1.54) is 6.07 Å². The monoisotopic (exact) mass is 515 g/mol. The molecule has 0 saturated carbocycles. The zero-order valence-corrected chi connectivity index (χ0v) is 23.1. The summed E-state index contributed by atoms with van der Waals surface area (Å²) in [5.41, 5.74) is 1.28. The minimum Gasteiger partial charge on any atom is -0.389 e. The van der Waals surface area contributed by atoms with Crippen LogP contribution in [0.3, 0.4) is 0 Å². The molecule has 0 radical (unpaired) electrons.